The molecular formula is C66H44N2. The Balaban J connectivity index is 1.04. The largest absolute Gasteiger partial charge is 0.310 e. The molecule has 0 aromatic heterocycles. The van der Waals surface area contributed by atoms with Gasteiger partial charge in [-0.15, -0.1) is 0 Å². The van der Waals surface area contributed by atoms with Crippen molar-refractivity contribution >= 4 is 98.8 Å². The average molecular weight is 865 g/mol. The SMILES string of the molecule is c1ccc(N(c2ccc(-c3c4ccccc4c(-c4ccc(N(c5ccccc5)c5cccc6ccccc56)cc4)c4c5ccccc5c5ccccc5c34)cc2)c2cccc3ccccc23)cc1. The molecule has 0 radical (unpaired) electrons. The summed E-state index contributed by atoms with van der Waals surface area (Å²) in [6.45, 7) is 0. The van der Waals surface area contributed by atoms with Gasteiger partial charge in [0.1, 0.15) is 0 Å². The van der Waals surface area contributed by atoms with E-state index >= 15 is 0 Å². The first kappa shape index (κ1) is 39.4. The van der Waals surface area contributed by atoms with Crippen LogP contribution in [0.4, 0.5) is 34.1 Å². The zero-order valence-electron chi connectivity index (χ0n) is 37.3. The van der Waals surface area contributed by atoms with Gasteiger partial charge in [0.25, 0.3) is 0 Å². The van der Waals surface area contributed by atoms with Gasteiger partial charge in [-0.1, -0.05) is 206 Å². The van der Waals surface area contributed by atoms with Crippen molar-refractivity contribution in [3.63, 3.8) is 0 Å². The number of nitrogens with zero attached hydrogens (tertiary/aromatic N) is 2. The van der Waals surface area contributed by atoms with Crippen molar-refractivity contribution in [1.29, 1.82) is 0 Å². The molecule has 13 aromatic carbocycles. The highest BCUT2D eigenvalue weighted by Gasteiger charge is 2.23. The topological polar surface area (TPSA) is 6.48 Å². The zero-order chi connectivity index (χ0) is 45.0. The number of rotatable bonds is 8. The third kappa shape index (κ3) is 6.49. The van der Waals surface area contributed by atoms with Crippen molar-refractivity contribution in [2.45, 2.75) is 0 Å². The molecule has 0 aliphatic rings. The van der Waals surface area contributed by atoms with Crippen LogP contribution in [0.15, 0.2) is 267 Å². The van der Waals surface area contributed by atoms with Gasteiger partial charge in [0, 0.05) is 33.5 Å². The molecule has 0 saturated heterocycles. The Morgan fingerprint density at radius 1 is 0.191 bits per heavy atom. The Kier molecular flexibility index (Phi) is 9.54. The monoisotopic (exact) mass is 864 g/mol. The Morgan fingerprint density at radius 3 is 0.882 bits per heavy atom. The minimum Gasteiger partial charge on any atom is -0.310 e. The predicted molar refractivity (Wildman–Crippen MR) is 292 cm³/mol. The molecule has 0 fully saturated rings. The number of hydrogen-bond donors (Lipinski definition) is 0. The van der Waals surface area contributed by atoms with Crippen molar-refractivity contribution in [2.75, 3.05) is 9.80 Å². The van der Waals surface area contributed by atoms with Crippen LogP contribution in [0.3, 0.4) is 0 Å². The molecule has 68 heavy (non-hydrogen) atoms. The highest BCUT2D eigenvalue weighted by atomic mass is 15.1. The van der Waals surface area contributed by atoms with Crippen LogP contribution in [0, 0.1) is 0 Å². The fourth-order valence-electron chi connectivity index (χ4n) is 10.8. The number of anilines is 6. The molecule has 0 N–H and O–H groups in total. The van der Waals surface area contributed by atoms with Crippen molar-refractivity contribution in [3.8, 4) is 22.3 Å². The smallest absolute Gasteiger partial charge is 0.0540 e. The van der Waals surface area contributed by atoms with Crippen LogP contribution in [-0.4, -0.2) is 0 Å². The summed E-state index contributed by atoms with van der Waals surface area (Å²) in [5.41, 5.74) is 11.6. The lowest BCUT2D eigenvalue weighted by atomic mass is 9.81. The fraction of sp³-hybridized carbons (Fsp3) is 0. The lowest BCUT2D eigenvalue weighted by molar-refractivity contribution is 1.30. The molecule has 0 unspecified atom stereocenters. The van der Waals surface area contributed by atoms with Crippen LogP contribution in [0.5, 0.6) is 0 Å². The van der Waals surface area contributed by atoms with E-state index in [9.17, 15) is 0 Å². The number of para-hydroxylation sites is 2. The summed E-state index contributed by atoms with van der Waals surface area (Å²) >= 11 is 0. The number of fused-ring (bicyclic) bond motifs is 9. The van der Waals surface area contributed by atoms with E-state index in [4.69, 9.17) is 0 Å². The maximum atomic E-state index is 2.39. The van der Waals surface area contributed by atoms with Gasteiger partial charge in [-0.25, -0.2) is 0 Å². The summed E-state index contributed by atoms with van der Waals surface area (Å²) in [6.07, 6.45) is 0. The first-order valence-electron chi connectivity index (χ1n) is 23.4. The van der Waals surface area contributed by atoms with E-state index in [0.717, 1.165) is 34.1 Å². The molecule has 0 saturated carbocycles. The molecular weight excluding hydrogens is 821 g/mol. The minimum atomic E-state index is 1.10. The van der Waals surface area contributed by atoms with Crippen molar-refractivity contribution < 1.29 is 0 Å². The van der Waals surface area contributed by atoms with Gasteiger partial charge in [0.2, 0.25) is 0 Å². The maximum absolute atomic E-state index is 2.39. The summed E-state index contributed by atoms with van der Waals surface area (Å²) < 4.78 is 0. The average Bonchev–Trinajstić information content (AvgIpc) is 3.42. The highest BCUT2D eigenvalue weighted by molar-refractivity contribution is 6.36. The van der Waals surface area contributed by atoms with Crippen molar-refractivity contribution in [1.82, 2.24) is 0 Å². The number of hydrogen-bond acceptors (Lipinski definition) is 2. The second kappa shape index (κ2) is 16.5. The van der Waals surface area contributed by atoms with Gasteiger partial charge >= 0.3 is 0 Å². The molecule has 318 valence electrons. The lowest BCUT2D eigenvalue weighted by Gasteiger charge is -2.27. The zero-order valence-corrected chi connectivity index (χ0v) is 37.3. The fourth-order valence-corrected chi connectivity index (χ4v) is 10.8. The number of benzene rings is 13. The molecule has 2 nitrogen and oxygen atoms in total. The summed E-state index contributed by atoms with van der Waals surface area (Å²) in [5, 5.41) is 14.8. The molecule has 0 spiro atoms. The summed E-state index contributed by atoms with van der Waals surface area (Å²) in [4.78, 5) is 4.77. The van der Waals surface area contributed by atoms with E-state index in [1.165, 1.54) is 86.9 Å². The van der Waals surface area contributed by atoms with Gasteiger partial charge in [-0.05, 0) is 137 Å². The first-order valence-corrected chi connectivity index (χ1v) is 23.4. The minimum absolute atomic E-state index is 1.10. The Hall–Kier alpha value is -8.98. The van der Waals surface area contributed by atoms with Gasteiger partial charge in [-0.2, -0.15) is 0 Å². The standard InChI is InChI=1S/C66H44N2/c1-3-23-49(24-4-1)67(61-35-17-21-45-19-7-9-27-53(45)61)51-41-37-47(38-42-51)63-59-33-15-16-34-60(59)64(66-58-32-14-12-30-56(58)55-29-11-13-31-57(55)65(63)66)48-39-43-52(44-40-48)68(50-25-5-2-6-26-50)62-36-18-22-46-20-8-10-28-54(46)62/h1-44H. The maximum Gasteiger partial charge on any atom is 0.0540 e. The molecule has 13 aromatic rings. The summed E-state index contributed by atoms with van der Waals surface area (Å²) in [7, 11) is 0. The normalized spacial score (nSPS) is 11.5. The second-order valence-corrected chi connectivity index (χ2v) is 17.6. The Bertz CT molecular complexity index is 3740. The Morgan fingerprint density at radius 2 is 0.485 bits per heavy atom. The van der Waals surface area contributed by atoms with E-state index in [-0.39, 0.29) is 0 Å². The Labute approximate surface area is 395 Å². The van der Waals surface area contributed by atoms with Gasteiger partial charge < -0.3 is 9.80 Å². The predicted octanol–water partition coefficient (Wildman–Crippen LogP) is 18.9. The van der Waals surface area contributed by atoms with Crippen LogP contribution in [-0.2, 0) is 0 Å². The van der Waals surface area contributed by atoms with Crippen LogP contribution in [0.25, 0.3) is 86.9 Å². The van der Waals surface area contributed by atoms with Crippen LogP contribution < -0.4 is 9.80 Å². The van der Waals surface area contributed by atoms with Crippen molar-refractivity contribution in [2.24, 2.45) is 0 Å². The highest BCUT2D eigenvalue weighted by Crippen LogP contribution is 2.51. The molecule has 0 atom stereocenters. The third-order valence-electron chi connectivity index (χ3n) is 13.8. The van der Waals surface area contributed by atoms with Crippen LogP contribution in [0.1, 0.15) is 0 Å². The van der Waals surface area contributed by atoms with Crippen LogP contribution >= 0.6 is 0 Å². The summed E-state index contributed by atoms with van der Waals surface area (Å²) in [5.74, 6) is 0. The quantitative estimate of drug-likeness (QED) is 0.111. The van der Waals surface area contributed by atoms with Gasteiger partial charge in [0.05, 0.1) is 11.4 Å². The van der Waals surface area contributed by atoms with E-state index in [0.29, 0.717) is 0 Å². The van der Waals surface area contributed by atoms with E-state index in [1.807, 2.05) is 0 Å². The second-order valence-electron chi connectivity index (χ2n) is 17.6. The summed E-state index contributed by atoms with van der Waals surface area (Å²) in [6, 6.07) is 97.5. The van der Waals surface area contributed by atoms with E-state index < -0.39 is 0 Å². The van der Waals surface area contributed by atoms with Gasteiger partial charge in [0.15, 0.2) is 0 Å². The van der Waals surface area contributed by atoms with E-state index in [2.05, 4.69) is 277 Å². The molecule has 0 amide bonds. The lowest BCUT2D eigenvalue weighted by Crippen LogP contribution is -2.10. The molecule has 0 aliphatic carbocycles. The molecule has 2 heteroatoms. The molecule has 0 aliphatic heterocycles. The first-order chi connectivity index (χ1) is 33.8. The van der Waals surface area contributed by atoms with Gasteiger partial charge in [-0.3, -0.25) is 0 Å². The molecule has 13 rings (SSSR count). The molecule has 0 bridgehead atoms. The molecule has 0 heterocycles. The van der Waals surface area contributed by atoms with Crippen LogP contribution in [0.2, 0.25) is 0 Å². The van der Waals surface area contributed by atoms with Crippen molar-refractivity contribution in [3.05, 3.63) is 267 Å². The van der Waals surface area contributed by atoms with E-state index in [1.54, 1.807) is 0 Å². The third-order valence-corrected chi connectivity index (χ3v) is 13.8.